The molecule has 2 aliphatic heterocycles. The summed E-state index contributed by atoms with van der Waals surface area (Å²) in [6.45, 7) is 4.94. The van der Waals surface area contributed by atoms with Crippen molar-refractivity contribution in [3.05, 3.63) is 125 Å². The molecule has 7 atom stereocenters. The Morgan fingerprint density at radius 1 is 0.898 bits per heavy atom. The van der Waals surface area contributed by atoms with Crippen LogP contribution in [0.4, 0.5) is 0 Å². The van der Waals surface area contributed by atoms with Gasteiger partial charge >= 0.3 is 11.9 Å². The second-order valence-electron chi connectivity index (χ2n) is 16.7. The zero-order chi connectivity index (χ0) is 41.6. The summed E-state index contributed by atoms with van der Waals surface area (Å²) in [5, 5.41) is 15.4. The number of aliphatic hydroxyl groups excluding tert-OH is 1. The van der Waals surface area contributed by atoms with E-state index in [1.807, 2.05) is 78.9 Å². The van der Waals surface area contributed by atoms with Crippen LogP contribution in [0.2, 0.25) is 0 Å². The van der Waals surface area contributed by atoms with E-state index >= 15 is 0 Å². The Hall–Kier alpha value is -5.14. The molecule has 12 heteroatoms. The molecule has 0 aromatic heterocycles. The predicted octanol–water partition coefficient (Wildman–Crippen LogP) is 5.91. The van der Waals surface area contributed by atoms with E-state index in [4.69, 9.17) is 23.7 Å². The number of nitrogens with one attached hydrogen (secondary N) is 2. The Balaban J connectivity index is 1.06. The molecule has 0 bridgehead atoms. The van der Waals surface area contributed by atoms with Crippen molar-refractivity contribution in [1.29, 1.82) is 0 Å². The molecule has 2 amide bonds. The lowest BCUT2D eigenvalue weighted by Crippen LogP contribution is -2.44. The minimum Gasteiger partial charge on any atom is -0.460 e. The summed E-state index contributed by atoms with van der Waals surface area (Å²) in [6.07, 6.45) is 7.38. The highest BCUT2D eigenvalue weighted by Gasteiger charge is 2.55. The molecule has 3 fully saturated rings. The lowest BCUT2D eigenvalue weighted by atomic mass is 9.88. The normalized spacial score (nSPS) is 24.8. The number of carbonyl (C=O) groups is 4. The topological polar surface area (TPSA) is 162 Å². The van der Waals surface area contributed by atoms with E-state index in [1.165, 1.54) is 0 Å². The van der Waals surface area contributed by atoms with Crippen LogP contribution in [0.15, 0.2) is 103 Å². The Morgan fingerprint density at radius 2 is 1.59 bits per heavy atom. The number of hydrogen-bond donors (Lipinski definition) is 3. The molecule has 4 aliphatic rings. The van der Waals surface area contributed by atoms with Crippen LogP contribution in [0.3, 0.4) is 0 Å². The van der Waals surface area contributed by atoms with Crippen LogP contribution < -0.4 is 10.6 Å². The maximum absolute atomic E-state index is 14.1. The second-order valence-corrected chi connectivity index (χ2v) is 16.7. The number of hydrogen-bond acceptors (Lipinski definition) is 10. The van der Waals surface area contributed by atoms with Gasteiger partial charge in [0, 0.05) is 42.5 Å². The molecular weight excluding hydrogens is 753 g/mol. The van der Waals surface area contributed by atoms with Gasteiger partial charge in [0.05, 0.1) is 30.4 Å². The predicted molar refractivity (Wildman–Crippen MR) is 219 cm³/mol. The first-order valence-corrected chi connectivity index (χ1v) is 20.6. The van der Waals surface area contributed by atoms with Crippen LogP contribution in [0, 0.1) is 5.92 Å². The molecule has 2 saturated heterocycles. The molecule has 312 valence electrons. The fourth-order valence-electron chi connectivity index (χ4n) is 8.07. The van der Waals surface area contributed by atoms with Crippen molar-refractivity contribution in [2.75, 3.05) is 13.2 Å². The van der Waals surface area contributed by atoms with Crippen LogP contribution in [0.5, 0.6) is 0 Å². The Bertz CT molecular complexity index is 1990. The molecule has 3 N–H and O–H groups in total. The number of benzene rings is 3. The maximum Gasteiger partial charge on any atom is 0.339 e. The highest BCUT2D eigenvalue weighted by molar-refractivity contribution is 5.95. The standard InChI is InChI=1S/C47H54N2O10/c1-46(2,3)58-42(52)23-21-35(29-50)49-41(51)24-25-48-44(53)32-27-39(56-45(54)36-17-11-10-12-31(36)20-18-30-19-22-37-38(26-30)55-37)43-40(28-32)57-47(59-43,33-13-6-4-7-14-33)34-15-8-5-9-16-34/h4-18,20,28,30,35,37-40,43,50H,19,21-27,29H2,1-3H3,(H,48,53)(H,49,51). The SMILES string of the molecule is CC(C)(C)OC(=O)CCC(CO)NC(=O)CCNC(=O)C1=CC2OC(c3ccccc3)(c3ccccc3)OC2C(OC(=O)c2ccccc2C=CC2CCC3OC3C2)C1. The third kappa shape index (κ3) is 10.5. The van der Waals surface area contributed by atoms with Gasteiger partial charge in [-0.1, -0.05) is 91.0 Å². The molecule has 7 rings (SSSR count). The molecule has 0 radical (unpaired) electrons. The molecule has 2 heterocycles. The molecule has 59 heavy (non-hydrogen) atoms. The Kier molecular flexibility index (Phi) is 13.1. The quantitative estimate of drug-likeness (QED) is 0.124. The van der Waals surface area contributed by atoms with E-state index in [9.17, 15) is 24.3 Å². The number of aliphatic hydroxyl groups is 1. The summed E-state index contributed by atoms with van der Waals surface area (Å²) in [5.74, 6) is -2.81. The van der Waals surface area contributed by atoms with Gasteiger partial charge in [0.1, 0.15) is 23.9 Å². The van der Waals surface area contributed by atoms with Crippen molar-refractivity contribution in [1.82, 2.24) is 10.6 Å². The number of epoxide rings is 1. The van der Waals surface area contributed by atoms with Gasteiger partial charge in [-0.3, -0.25) is 14.4 Å². The molecule has 3 aromatic rings. The number of amides is 2. The summed E-state index contributed by atoms with van der Waals surface area (Å²) < 4.78 is 31.1. The van der Waals surface area contributed by atoms with E-state index in [0.29, 0.717) is 29.3 Å². The number of carbonyl (C=O) groups excluding carboxylic acids is 4. The molecular formula is C47H54N2O10. The highest BCUT2D eigenvalue weighted by atomic mass is 16.8. The Labute approximate surface area is 345 Å². The molecule has 12 nitrogen and oxygen atoms in total. The Morgan fingerprint density at radius 3 is 2.27 bits per heavy atom. The van der Waals surface area contributed by atoms with Gasteiger partial charge in [-0.25, -0.2) is 4.79 Å². The van der Waals surface area contributed by atoms with E-state index in [-0.39, 0.29) is 38.8 Å². The zero-order valence-corrected chi connectivity index (χ0v) is 33.8. The molecule has 2 aliphatic carbocycles. The lowest BCUT2D eigenvalue weighted by molar-refractivity contribution is -0.157. The average molecular weight is 807 g/mol. The summed E-state index contributed by atoms with van der Waals surface area (Å²) in [5.41, 5.74) is 2.29. The van der Waals surface area contributed by atoms with Gasteiger partial charge in [-0.2, -0.15) is 0 Å². The third-order valence-corrected chi connectivity index (χ3v) is 11.1. The van der Waals surface area contributed by atoms with Crippen molar-refractivity contribution in [3.8, 4) is 0 Å². The van der Waals surface area contributed by atoms with Gasteiger partial charge in [-0.05, 0) is 70.1 Å². The van der Waals surface area contributed by atoms with Crippen molar-refractivity contribution >= 4 is 29.8 Å². The average Bonchev–Trinajstić information content (AvgIpc) is 3.90. The first-order chi connectivity index (χ1) is 28.4. The number of allylic oxidation sites excluding steroid dienone is 1. The van der Waals surface area contributed by atoms with Crippen LogP contribution in [-0.2, 0) is 43.9 Å². The summed E-state index contributed by atoms with van der Waals surface area (Å²) in [6, 6.07) is 25.7. The van der Waals surface area contributed by atoms with Crippen LogP contribution in [0.1, 0.15) is 92.8 Å². The van der Waals surface area contributed by atoms with Gasteiger partial charge in [0.2, 0.25) is 17.6 Å². The number of esters is 2. The van der Waals surface area contributed by atoms with Crippen LogP contribution in [0.25, 0.3) is 6.08 Å². The van der Waals surface area contributed by atoms with Crippen molar-refractivity contribution in [2.45, 2.75) is 114 Å². The molecule has 7 unspecified atom stereocenters. The zero-order valence-electron chi connectivity index (χ0n) is 33.8. The molecule has 3 aromatic carbocycles. The van der Waals surface area contributed by atoms with Crippen molar-refractivity contribution in [3.63, 3.8) is 0 Å². The van der Waals surface area contributed by atoms with Crippen LogP contribution >= 0.6 is 0 Å². The summed E-state index contributed by atoms with van der Waals surface area (Å²) >= 11 is 0. The van der Waals surface area contributed by atoms with E-state index in [0.717, 1.165) is 36.0 Å². The maximum atomic E-state index is 14.1. The summed E-state index contributed by atoms with van der Waals surface area (Å²) in [7, 11) is 0. The molecule has 0 spiro atoms. The fraction of sp³-hybridized carbons (Fsp3) is 0.447. The fourth-order valence-corrected chi connectivity index (χ4v) is 8.07. The van der Waals surface area contributed by atoms with E-state index in [2.05, 4.69) is 16.7 Å². The smallest absolute Gasteiger partial charge is 0.339 e. The first-order valence-electron chi connectivity index (χ1n) is 20.6. The number of ether oxygens (including phenoxy) is 5. The third-order valence-electron chi connectivity index (χ3n) is 11.1. The van der Waals surface area contributed by atoms with Gasteiger partial charge in [0.25, 0.3) is 0 Å². The lowest BCUT2D eigenvalue weighted by Gasteiger charge is -2.31. The van der Waals surface area contributed by atoms with Crippen LogP contribution in [-0.4, -0.2) is 84.2 Å². The summed E-state index contributed by atoms with van der Waals surface area (Å²) in [4.78, 5) is 52.9. The number of fused-ring (bicyclic) bond motifs is 2. The largest absolute Gasteiger partial charge is 0.460 e. The minimum absolute atomic E-state index is 0.00563. The minimum atomic E-state index is -1.36. The van der Waals surface area contributed by atoms with Gasteiger partial charge < -0.3 is 39.4 Å². The van der Waals surface area contributed by atoms with Crippen molar-refractivity contribution in [2.24, 2.45) is 5.92 Å². The van der Waals surface area contributed by atoms with Gasteiger partial charge in [-0.15, -0.1) is 0 Å². The highest BCUT2D eigenvalue weighted by Crippen LogP contribution is 2.47. The van der Waals surface area contributed by atoms with E-state index < -0.39 is 59.5 Å². The monoisotopic (exact) mass is 806 g/mol. The van der Waals surface area contributed by atoms with E-state index in [1.54, 1.807) is 39.0 Å². The van der Waals surface area contributed by atoms with Crippen molar-refractivity contribution < 1.29 is 48.0 Å². The second kappa shape index (κ2) is 18.4. The van der Waals surface area contributed by atoms with Gasteiger partial charge in [0.15, 0.2) is 0 Å². The molecule has 1 saturated carbocycles. The first kappa shape index (κ1) is 42.0. The number of rotatable bonds is 15.